The van der Waals surface area contributed by atoms with E-state index < -0.39 is 5.91 Å². The van der Waals surface area contributed by atoms with Gasteiger partial charge in [0, 0.05) is 0 Å². The monoisotopic (exact) mass is 380 g/mol. The molecule has 0 saturated heterocycles. The summed E-state index contributed by atoms with van der Waals surface area (Å²) in [7, 11) is 1.56. The van der Waals surface area contributed by atoms with Crippen LogP contribution in [0.1, 0.15) is 28.8 Å². The van der Waals surface area contributed by atoms with Gasteiger partial charge in [-0.2, -0.15) is 5.10 Å². The van der Waals surface area contributed by atoms with Gasteiger partial charge >= 0.3 is 5.91 Å². The number of methoxy groups -OCH3 is 1. The second-order valence-electron chi connectivity index (χ2n) is 4.58. The van der Waals surface area contributed by atoms with Crippen molar-refractivity contribution in [2.45, 2.75) is 13.8 Å². The molecule has 0 atom stereocenters. The number of halogens is 1. The van der Waals surface area contributed by atoms with Crippen LogP contribution in [0.15, 0.2) is 38.3 Å². The second kappa shape index (κ2) is 7.82. The van der Waals surface area contributed by atoms with Gasteiger partial charge in [-0.05, 0) is 59.6 Å². The van der Waals surface area contributed by atoms with Crippen molar-refractivity contribution < 1.29 is 18.7 Å². The molecule has 1 amide bonds. The molecule has 2 rings (SSSR count). The zero-order valence-electron chi connectivity index (χ0n) is 13.1. The third kappa shape index (κ3) is 4.35. The van der Waals surface area contributed by atoms with Gasteiger partial charge in [0.15, 0.2) is 17.3 Å². The van der Waals surface area contributed by atoms with Crippen LogP contribution in [0.5, 0.6) is 11.5 Å². The number of nitrogens with zero attached hydrogens (tertiary/aromatic N) is 1. The number of hydrazone groups is 1. The van der Waals surface area contributed by atoms with Gasteiger partial charge in [-0.25, -0.2) is 5.43 Å². The Morgan fingerprint density at radius 2 is 2.22 bits per heavy atom. The van der Waals surface area contributed by atoms with Crippen molar-refractivity contribution in [3.63, 3.8) is 0 Å². The van der Waals surface area contributed by atoms with Crippen LogP contribution in [0.2, 0.25) is 0 Å². The van der Waals surface area contributed by atoms with Crippen LogP contribution in [0, 0.1) is 6.92 Å². The number of amides is 1. The van der Waals surface area contributed by atoms with Crippen molar-refractivity contribution in [1.82, 2.24) is 5.43 Å². The van der Waals surface area contributed by atoms with Gasteiger partial charge in [-0.1, -0.05) is 0 Å². The number of aryl methyl sites for hydroxylation is 1. The molecule has 1 aromatic carbocycles. The normalized spacial score (nSPS) is 10.8. The smallest absolute Gasteiger partial charge is 0.307 e. The fourth-order valence-electron chi connectivity index (χ4n) is 1.88. The molecule has 0 saturated carbocycles. The summed E-state index contributed by atoms with van der Waals surface area (Å²) in [6.45, 7) is 4.19. The van der Waals surface area contributed by atoms with E-state index in [1.54, 1.807) is 32.2 Å². The van der Waals surface area contributed by atoms with E-state index in [2.05, 4.69) is 26.5 Å². The molecule has 0 aliphatic rings. The number of carbonyl (C=O) groups is 1. The van der Waals surface area contributed by atoms with Crippen LogP contribution in [-0.4, -0.2) is 25.8 Å². The number of hydrogen-bond donors (Lipinski definition) is 1. The first-order chi connectivity index (χ1) is 11.0. The molecular formula is C16H17BrN2O4. The Bertz CT molecular complexity index is 725. The third-order valence-electron chi connectivity index (χ3n) is 2.88. The van der Waals surface area contributed by atoms with Crippen LogP contribution in [-0.2, 0) is 0 Å². The zero-order chi connectivity index (χ0) is 16.8. The topological polar surface area (TPSA) is 73.1 Å². The Labute approximate surface area is 142 Å². The molecule has 0 aliphatic carbocycles. The van der Waals surface area contributed by atoms with E-state index in [1.165, 1.54) is 6.21 Å². The number of rotatable bonds is 6. The van der Waals surface area contributed by atoms with Crippen molar-refractivity contribution >= 4 is 28.1 Å². The number of furan rings is 1. The van der Waals surface area contributed by atoms with E-state index >= 15 is 0 Å². The molecule has 1 heterocycles. The highest BCUT2D eigenvalue weighted by molar-refractivity contribution is 9.10. The molecule has 0 unspecified atom stereocenters. The molecule has 1 N–H and O–H groups in total. The maximum absolute atomic E-state index is 11.8. The lowest BCUT2D eigenvalue weighted by Crippen LogP contribution is -2.16. The summed E-state index contributed by atoms with van der Waals surface area (Å²) in [4.78, 5) is 11.8. The summed E-state index contributed by atoms with van der Waals surface area (Å²) in [6, 6.07) is 6.90. The molecule has 0 fully saturated rings. The molecule has 1 aromatic heterocycles. The van der Waals surface area contributed by atoms with Crippen molar-refractivity contribution in [2.24, 2.45) is 5.10 Å². The second-order valence-corrected chi connectivity index (χ2v) is 5.43. The minimum absolute atomic E-state index is 0.213. The fraction of sp³-hybridized carbons (Fsp3) is 0.250. The van der Waals surface area contributed by atoms with Crippen LogP contribution in [0.3, 0.4) is 0 Å². The van der Waals surface area contributed by atoms with E-state index in [0.717, 1.165) is 10.0 Å². The molecule has 6 nitrogen and oxygen atoms in total. The molecule has 0 aliphatic heterocycles. The number of benzene rings is 1. The maximum atomic E-state index is 11.8. The van der Waals surface area contributed by atoms with Gasteiger partial charge in [-0.15, -0.1) is 0 Å². The lowest BCUT2D eigenvalue weighted by Gasteiger charge is -2.11. The number of nitrogens with one attached hydrogen (secondary N) is 1. The predicted octanol–water partition coefficient (Wildman–Crippen LogP) is 3.52. The molecule has 2 aromatic rings. The van der Waals surface area contributed by atoms with Gasteiger partial charge in [0.2, 0.25) is 0 Å². The summed E-state index contributed by atoms with van der Waals surface area (Å²) in [5.41, 5.74) is 3.15. The Morgan fingerprint density at radius 3 is 2.83 bits per heavy atom. The SMILES string of the molecule is CCOc1c(Br)cc(/C=N\NC(=O)c2ccc(C)o2)cc1OC. The van der Waals surface area contributed by atoms with Gasteiger partial charge in [0.25, 0.3) is 0 Å². The van der Waals surface area contributed by atoms with E-state index in [0.29, 0.717) is 23.9 Å². The predicted molar refractivity (Wildman–Crippen MR) is 90.4 cm³/mol. The van der Waals surface area contributed by atoms with Crippen molar-refractivity contribution in [3.05, 3.63) is 45.8 Å². The minimum atomic E-state index is -0.411. The molecule has 122 valence electrons. The van der Waals surface area contributed by atoms with Crippen molar-refractivity contribution in [2.75, 3.05) is 13.7 Å². The van der Waals surface area contributed by atoms with E-state index in [-0.39, 0.29) is 5.76 Å². The quantitative estimate of drug-likeness (QED) is 0.614. The maximum Gasteiger partial charge on any atom is 0.307 e. The molecule has 7 heteroatoms. The Hall–Kier alpha value is -2.28. The highest BCUT2D eigenvalue weighted by atomic mass is 79.9. The van der Waals surface area contributed by atoms with E-state index in [4.69, 9.17) is 13.9 Å². The fourth-order valence-corrected chi connectivity index (χ4v) is 2.45. The number of hydrogen-bond acceptors (Lipinski definition) is 5. The van der Waals surface area contributed by atoms with Crippen LogP contribution >= 0.6 is 15.9 Å². The van der Waals surface area contributed by atoms with Gasteiger partial charge in [0.1, 0.15) is 5.76 Å². The van der Waals surface area contributed by atoms with Gasteiger partial charge < -0.3 is 13.9 Å². The lowest BCUT2D eigenvalue weighted by molar-refractivity contribution is 0.0926. The largest absolute Gasteiger partial charge is 0.493 e. The summed E-state index contributed by atoms with van der Waals surface area (Å²) in [5.74, 6) is 1.67. The first-order valence-corrected chi connectivity index (χ1v) is 7.74. The summed E-state index contributed by atoms with van der Waals surface area (Å²) < 4.78 is 16.8. The van der Waals surface area contributed by atoms with Gasteiger partial charge in [0.05, 0.1) is 24.4 Å². The van der Waals surface area contributed by atoms with Crippen molar-refractivity contribution in [3.8, 4) is 11.5 Å². The Balaban J connectivity index is 2.10. The number of carbonyl (C=O) groups excluding carboxylic acids is 1. The zero-order valence-corrected chi connectivity index (χ0v) is 14.6. The van der Waals surface area contributed by atoms with Crippen molar-refractivity contribution in [1.29, 1.82) is 0 Å². The Kier molecular flexibility index (Phi) is 5.81. The minimum Gasteiger partial charge on any atom is -0.493 e. The molecule has 0 radical (unpaired) electrons. The summed E-state index contributed by atoms with van der Waals surface area (Å²) >= 11 is 3.43. The van der Waals surface area contributed by atoms with Crippen LogP contribution < -0.4 is 14.9 Å². The third-order valence-corrected chi connectivity index (χ3v) is 3.47. The molecule has 0 spiro atoms. The van der Waals surface area contributed by atoms with Crippen LogP contribution in [0.25, 0.3) is 0 Å². The number of ether oxygens (including phenoxy) is 2. The summed E-state index contributed by atoms with van der Waals surface area (Å²) in [6.07, 6.45) is 1.51. The average Bonchev–Trinajstić information content (AvgIpc) is 2.96. The van der Waals surface area contributed by atoms with E-state index in [1.807, 2.05) is 13.0 Å². The first-order valence-electron chi connectivity index (χ1n) is 6.95. The standard InChI is InChI=1S/C16H17BrN2O4/c1-4-22-15-12(17)7-11(8-14(15)21-3)9-18-19-16(20)13-6-5-10(2)23-13/h5-9H,4H2,1-3H3,(H,19,20)/b18-9-. The van der Waals surface area contributed by atoms with Crippen LogP contribution in [0.4, 0.5) is 0 Å². The first kappa shape index (κ1) is 17.1. The molecular weight excluding hydrogens is 364 g/mol. The highest BCUT2D eigenvalue weighted by Crippen LogP contribution is 2.36. The molecule has 23 heavy (non-hydrogen) atoms. The molecule has 0 bridgehead atoms. The highest BCUT2D eigenvalue weighted by Gasteiger charge is 2.11. The van der Waals surface area contributed by atoms with Gasteiger partial charge in [-0.3, -0.25) is 4.79 Å². The lowest BCUT2D eigenvalue weighted by atomic mass is 10.2. The summed E-state index contributed by atoms with van der Waals surface area (Å²) in [5, 5.41) is 3.92. The average molecular weight is 381 g/mol. The van der Waals surface area contributed by atoms with E-state index in [9.17, 15) is 4.79 Å². The Morgan fingerprint density at radius 1 is 1.43 bits per heavy atom.